The highest BCUT2D eigenvalue weighted by Gasteiger charge is 2.13. The summed E-state index contributed by atoms with van der Waals surface area (Å²) in [6.07, 6.45) is 0. The molecule has 3 rings (SSSR count). The van der Waals surface area contributed by atoms with E-state index in [9.17, 15) is 0 Å². The van der Waals surface area contributed by atoms with E-state index in [1.54, 1.807) is 0 Å². The zero-order valence-electron chi connectivity index (χ0n) is 9.52. The Kier molecular flexibility index (Phi) is 2.89. The van der Waals surface area contributed by atoms with E-state index in [0.29, 0.717) is 0 Å². The second-order valence-corrected chi connectivity index (χ2v) is 7.08. The predicted octanol–water partition coefficient (Wildman–Crippen LogP) is 4.29. The summed E-state index contributed by atoms with van der Waals surface area (Å²) in [6, 6.07) is 19.1. The fraction of sp³-hybridized carbons (Fsp3) is 0.0667. The Bertz CT molecular complexity index is 612. The summed E-state index contributed by atoms with van der Waals surface area (Å²) >= 11 is -0.115. The minimum Gasteiger partial charge on any atom is -0.247 e. The molecule has 2 aromatic rings. The van der Waals surface area contributed by atoms with Gasteiger partial charge in [0.25, 0.3) is 0 Å². The number of fused-ring (bicyclic) bond motifs is 1. The van der Waals surface area contributed by atoms with Gasteiger partial charge >= 0.3 is 0 Å². The monoisotopic (exact) mass is 333 g/mol. The maximum atomic E-state index is 4.67. The van der Waals surface area contributed by atoms with Gasteiger partial charge in [0.15, 0.2) is 0 Å². The summed E-state index contributed by atoms with van der Waals surface area (Å²) in [5.41, 5.74) is 3.79. The van der Waals surface area contributed by atoms with Crippen molar-refractivity contribution in [2.75, 3.05) is 0 Å². The summed E-state index contributed by atoms with van der Waals surface area (Å²) < 4.78 is 2.79. The second-order valence-electron chi connectivity index (χ2n) is 3.90. The molecule has 0 fully saturated rings. The van der Waals surface area contributed by atoms with Crippen molar-refractivity contribution >= 4 is 33.6 Å². The average Bonchev–Trinajstić information content (AvgIpc) is 2.39. The van der Waals surface area contributed by atoms with E-state index in [0.717, 1.165) is 5.69 Å². The van der Waals surface area contributed by atoms with Gasteiger partial charge in [-0.1, -0.05) is 69.3 Å². The third kappa shape index (κ3) is 2.09. The molecule has 17 heavy (non-hydrogen) atoms. The van der Waals surface area contributed by atoms with E-state index in [-0.39, 0.29) is 20.7 Å². The topological polar surface area (TPSA) is 12.4 Å². The molecular weight excluding hydrogens is 321 g/mol. The molecule has 0 unspecified atom stereocenters. The summed E-state index contributed by atoms with van der Waals surface area (Å²) in [6.45, 7) is 2.14. The lowest BCUT2D eigenvalue weighted by molar-refractivity contribution is 1.50. The molecule has 0 radical (unpaired) electrons. The number of rotatable bonds is 1. The van der Waals surface area contributed by atoms with E-state index < -0.39 is 0 Å². The fourth-order valence-corrected chi connectivity index (χ4v) is 4.50. The molecule has 0 saturated heterocycles. The van der Waals surface area contributed by atoms with Crippen LogP contribution in [0.2, 0.25) is 0 Å². The number of halogens is 1. The van der Waals surface area contributed by atoms with Crippen molar-refractivity contribution < 1.29 is 0 Å². The van der Waals surface area contributed by atoms with Crippen LogP contribution in [-0.2, 0) is 0 Å². The maximum Gasteiger partial charge on any atom is 0.0721 e. The van der Waals surface area contributed by atoms with E-state index in [4.69, 9.17) is 0 Å². The van der Waals surface area contributed by atoms with Gasteiger partial charge in [0.2, 0.25) is 0 Å². The first-order chi connectivity index (χ1) is 8.34. The normalized spacial score (nSPS) is 14.2. The molecule has 0 aliphatic carbocycles. The first kappa shape index (κ1) is 10.8. The SMILES string of the molecule is CC1=Nc2ccccc2C(c2ccccc2)=I1. The third-order valence-electron chi connectivity index (χ3n) is 2.67. The zero-order chi connectivity index (χ0) is 11.7. The Balaban J connectivity index is 2.21. The molecule has 0 aromatic heterocycles. The summed E-state index contributed by atoms with van der Waals surface area (Å²) in [5, 5.41) is 0. The molecular formula is C15H12IN. The van der Waals surface area contributed by atoms with E-state index in [1.807, 2.05) is 0 Å². The van der Waals surface area contributed by atoms with Gasteiger partial charge in [0, 0.05) is 9.07 Å². The number of hydrogen-bond donors (Lipinski definition) is 0. The molecule has 1 nitrogen and oxygen atoms in total. The fourth-order valence-electron chi connectivity index (χ4n) is 1.93. The van der Waals surface area contributed by atoms with Crippen LogP contribution < -0.4 is 0 Å². The zero-order valence-corrected chi connectivity index (χ0v) is 11.7. The Labute approximate surface area is 111 Å². The molecule has 2 aromatic carbocycles. The van der Waals surface area contributed by atoms with Crippen molar-refractivity contribution in [3.63, 3.8) is 0 Å². The molecule has 2 heteroatoms. The van der Waals surface area contributed by atoms with Gasteiger partial charge < -0.3 is 0 Å². The van der Waals surface area contributed by atoms with Crippen molar-refractivity contribution in [3.05, 3.63) is 65.7 Å². The van der Waals surface area contributed by atoms with Gasteiger partial charge in [0.05, 0.1) is 9.41 Å². The minimum atomic E-state index is -0.115. The van der Waals surface area contributed by atoms with Crippen LogP contribution in [0.15, 0.2) is 59.6 Å². The van der Waals surface area contributed by atoms with Gasteiger partial charge in [-0.15, -0.1) is 0 Å². The van der Waals surface area contributed by atoms with Crippen LogP contribution in [0.4, 0.5) is 5.69 Å². The van der Waals surface area contributed by atoms with Crippen molar-refractivity contribution in [3.8, 4) is 0 Å². The van der Waals surface area contributed by atoms with Crippen LogP contribution in [0.25, 0.3) is 0 Å². The Hall–Kier alpha value is -1.29. The molecule has 1 aliphatic rings. The second kappa shape index (κ2) is 4.53. The van der Waals surface area contributed by atoms with E-state index in [1.165, 1.54) is 18.4 Å². The number of nitrogens with zero attached hydrogens (tertiary/aromatic N) is 1. The first-order valence-electron chi connectivity index (χ1n) is 5.56. The van der Waals surface area contributed by atoms with Crippen LogP contribution in [-0.4, -0.2) is 7.23 Å². The minimum absolute atomic E-state index is 0.115. The standard InChI is InChI=1S/C15H12IN/c1-11-16-15(12-7-3-2-4-8-12)13-9-5-6-10-14(13)17-11/h2-10H,1H3. The molecule has 0 saturated carbocycles. The Morgan fingerprint density at radius 2 is 1.59 bits per heavy atom. The molecule has 1 aliphatic heterocycles. The molecule has 0 atom stereocenters. The van der Waals surface area contributed by atoms with Gasteiger partial charge in [-0.2, -0.15) is 0 Å². The third-order valence-corrected chi connectivity index (χ3v) is 5.44. The Morgan fingerprint density at radius 3 is 2.41 bits per heavy atom. The van der Waals surface area contributed by atoms with E-state index >= 15 is 0 Å². The number of aliphatic imine (C=N–C) groups is 1. The smallest absolute Gasteiger partial charge is 0.0721 e. The molecule has 0 spiro atoms. The van der Waals surface area contributed by atoms with Gasteiger partial charge in [-0.3, -0.25) is 0 Å². The number of para-hydroxylation sites is 1. The first-order valence-corrected chi connectivity index (χ1v) is 7.72. The van der Waals surface area contributed by atoms with Crippen LogP contribution in [0.3, 0.4) is 0 Å². The predicted molar refractivity (Wildman–Crippen MR) is 82.9 cm³/mol. The molecule has 0 N–H and O–H groups in total. The summed E-state index contributed by atoms with van der Waals surface area (Å²) in [5.74, 6) is 0. The highest BCUT2D eigenvalue weighted by atomic mass is 127. The van der Waals surface area contributed by atoms with E-state index in [2.05, 4.69) is 66.5 Å². The lowest BCUT2D eigenvalue weighted by Gasteiger charge is -2.14. The highest BCUT2D eigenvalue weighted by molar-refractivity contribution is 14.2. The van der Waals surface area contributed by atoms with Crippen molar-refractivity contribution in [1.29, 1.82) is 0 Å². The van der Waals surface area contributed by atoms with Gasteiger partial charge in [-0.05, 0) is 18.6 Å². The largest absolute Gasteiger partial charge is 0.247 e. The molecule has 1 heterocycles. The molecule has 0 amide bonds. The average molecular weight is 333 g/mol. The summed E-state index contributed by atoms with van der Waals surface area (Å²) in [7, 11) is 0. The van der Waals surface area contributed by atoms with Crippen LogP contribution in [0, 0.1) is 0 Å². The van der Waals surface area contributed by atoms with Gasteiger partial charge in [-0.25, -0.2) is 4.99 Å². The molecule has 84 valence electrons. The van der Waals surface area contributed by atoms with Crippen LogP contribution in [0.1, 0.15) is 18.1 Å². The van der Waals surface area contributed by atoms with Crippen LogP contribution >= 0.6 is 20.7 Å². The number of benzene rings is 2. The van der Waals surface area contributed by atoms with Gasteiger partial charge in [0.1, 0.15) is 0 Å². The quantitative estimate of drug-likeness (QED) is 0.691. The lowest BCUT2D eigenvalue weighted by Crippen LogP contribution is -2.04. The highest BCUT2D eigenvalue weighted by Crippen LogP contribution is 2.31. The van der Waals surface area contributed by atoms with Crippen molar-refractivity contribution in [2.24, 2.45) is 4.99 Å². The number of hydrogen-bond acceptors (Lipinski definition) is 1. The maximum absolute atomic E-state index is 4.67. The van der Waals surface area contributed by atoms with Crippen molar-refractivity contribution in [2.45, 2.75) is 6.92 Å². The van der Waals surface area contributed by atoms with Crippen molar-refractivity contribution in [1.82, 2.24) is 0 Å². The summed E-state index contributed by atoms with van der Waals surface area (Å²) in [4.78, 5) is 4.67. The lowest BCUT2D eigenvalue weighted by atomic mass is 10.0. The van der Waals surface area contributed by atoms with Crippen LogP contribution in [0.5, 0.6) is 0 Å². The molecule has 0 bridgehead atoms. The Morgan fingerprint density at radius 1 is 0.882 bits per heavy atom.